The van der Waals surface area contributed by atoms with Crippen LogP contribution in [-0.2, 0) is 11.4 Å². The zero-order valence-corrected chi connectivity index (χ0v) is 17.6. The van der Waals surface area contributed by atoms with Crippen molar-refractivity contribution < 1.29 is 9.53 Å². The van der Waals surface area contributed by atoms with Crippen LogP contribution in [0.4, 0.5) is 5.69 Å². The highest BCUT2D eigenvalue weighted by Crippen LogP contribution is 2.36. The highest BCUT2D eigenvalue weighted by Gasteiger charge is 2.33. The summed E-state index contributed by atoms with van der Waals surface area (Å²) in [6.07, 6.45) is 1.85. The molecule has 1 saturated heterocycles. The van der Waals surface area contributed by atoms with Gasteiger partial charge in [0.15, 0.2) is 4.32 Å². The normalized spacial score (nSPS) is 15.2. The Bertz CT molecular complexity index is 1080. The third kappa shape index (κ3) is 4.53. The van der Waals surface area contributed by atoms with Gasteiger partial charge in [-0.1, -0.05) is 84.1 Å². The van der Waals surface area contributed by atoms with Crippen molar-refractivity contribution in [3.8, 4) is 5.75 Å². The third-order valence-electron chi connectivity index (χ3n) is 4.34. The van der Waals surface area contributed by atoms with Gasteiger partial charge in [-0.2, -0.15) is 0 Å². The molecule has 1 heterocycles. The first-order chi connectivity index (χ1) is 14.1. The molecule has 0 aliphatic carbocycles. The van der Waals surface area contributed by atoms with Crippen LogP contribution in [0.2, 0.25) is 5.02 Å². The fraction of sp³-hybridized carbons (Fsp3) is 0.0435. The number of halogens is 1. The number of nitrogens with zero attached hydrogens (tertiary/aromatic N) is 1. The second kappa shape index (κ2) is 8.82. The maximum atomic E-state index is 12.8. The van der Waals surface area contributed by atoms with Gasteiger partial charge in [-0.15, -0.1) is 0 Å². The molecule has 0 bridgehead atoms. The van der Waals surface area contributed by atoms with Crippen LogP contribution in [0.3, 0.4) is 0 Å². The summed E-state index contributed by atoms with van der Waals surface area (Å²) in [5.74, 6) is 0.629. The Balaban J connectivity index is 1.45. The van der Waals surface area contributed by atoms with E-state index in [9.17, 15) is 4.79 Å². The van der Waals surface area contributed by atoms with Crippen LogP contribution >= 0.6 is 35.6 Å². The summed E-state index contributed by atoms with van der Waals surface area (Å²) in [4.78, 5) is 15.0. The predicted molar refractivity (Wildman–Crippen MR) is 124 cm³/mol. The van der Waals surface area contributed by atoms with Crippen LogP contribution in [0.25, 0.3) is 6.08 Å². The first-order valence-corrected chi connectivity index (χ1v) is 10.5. The van der Waals surface area contributed by atoms with Crippen molar-refractivity contribution in [3.05, 3.63) is 99.9 Å². The monoisotopic (exact) mass is 437 g/mol. The molecule has 0 N–H and O–H groups in total. The summed E-state index contributed by atoms with van der Waals surface area (Å²) in [5, 5.41) is 0.685. The lowest BCUT2D eigenvalue weighted by Gasteiger charge is -2.13. The van der Waals surface area contributed by atoms with E-state index in [1.807, 2.05) is 84.9 Å². The van der Waals surface area contributed by atoms with Crippen LogP contribution in [0.15, 0.2) is 83.8 Å². The van der Waals surface area contributed by atoms with E-state index in [1.54, 1.807) is 4.90 Å². The molecule has 0 unspecified atom stereocenters. The van der Waals surface area contributed by atoms with Gasteiger partial charge in [-0.3, -0.25) is 9.69 Å². The molecule has 144 valence electrons. The van der Waals surface area contributed by atoms with E-state index in [0.29, 0.717) is 20.9 Å². The van der Waals surface area contributed by atoms with Crippen LogP contribution in [0, 0.1) is 0 Å². The van der Waals surface area contributed by atoms with E-state index in [0.717, 1.165) is 22.6 Å². The number of hydrogen-bond acceptors (Lipinski definition) is 4. The minimum atomic E-state index is -0.106. The van der Waals surface area contributed by atoms with E-state index in [4.69, 9.17) is 28.6 Å². The van der Waals surface area contributed by atoms with Gasteiger partial charge in [0.2, 0.25) is 0 Å². The summed E-state index contributed by atoms with van der Waals surface area (Å²) in [6.45, 7) is 0.398. The summed E-state index contributed by atoms with van der Waals surface area (Å²) in [6, 6.07) is 24.6. The van der Waals surface area contributed by atoms with Gasteiger partial charge in [-0.05, 0) is 42.0 Å². The van der Waals surface area contributed by atoms with E-state index < -0.39 is 0 Å². The van der Waals surface area contributed by atoms with Gasteiger partial charge in [-0.25, -0.2) is 0 Å². The minimum Gasteiger partial charge on any atom is -0.489 e. The van der Waals surface area contributed by atoms with Gasteiger partial charge in [0.1, 0.15) is 12.4 Å². The summed E-state index contributed by atoms with van der Waals surface area (Å²) in [7, 11) is 0. The Hall–Kier alpha value is -2.60. The topological polar surface area (TPSA) is 29.5 Å². The Morgan fingerprint density at radius 2 is 1.66 bits per heavy atom. The Kier molecular flexibility index (Phi) is 6.00. The molecule has 3 nitrogen and oxygen atoms in total. The molecule has 1 aliphatic rings. The highest BCUT2D eigenvalue weighted by atomic mass is 35.5. The van der Waals surface area contributed by atoms with Crippen LogP contribution in [-0.4, -0.2) is 10.2 Å². The maximum absolute atomic E-state index is 12.8. The number of anilines is 1. The van der Waals surface area contributed by atoms with Crippen molar-refractivity contribution >= 4 is 57.6 Å². The molecule has 0 spiro atoms. The number of rotatable bonds is 5. The third-order valence-corrected chi connectivity index (χ3v) is 6.01. The van der Waals surface area contributed by atoms with Gasteiger partial charge >= 0.3 is 0 Å². The fourth-order valence-corrected chi connectivity index (χ4v) is 4.34. The van der Waals surface area contributed by atoms with E-state index in [1.165, 1.54) is 11.8 Å². The summed E-state index contributed by atoms with van der Waals surface area (Å²) < 4.78 is 6.34. The van der Waals surface area contributed by atoms with E-state index in [-0.39, 0.29) is 5.91 Å². The minimum absolute atomic E-state index is 0.106. The summed E-state index contributed by atoms with van der Waals surface area (Å²) >= 11 is 12.9. The molecule has 4 rings (SSSR count). The number of benzene rings is 3. The molecule has 0 atom stereocenters. The molecule has 3 aromatic carbocycles. The molecule has 1 fully saturated rings. The lowest BCUT2D eigenvalue weighted by atomic mass is 10.2. The smallest absolute Gasteiger partial charge is 0.270 e. The molecule has 1 amide bonds. The summed E-state index contributed by atoms with van der Waals surface area (Å²) in [5.41, 5.74) is 2.62. The number of ether oxygens (including phenoxy) is 1. The second-order valence-electron chi connectivity index (χ2n) is 6.30. The number of thioether (sulfide) groups is 1. The standard InChI is InChI=1S/C23H16ClNO2S2/c24-20-9-5-4-6-17(20)15-27-19-12-10-16(11-13-19)14-21-22(26)25(23(28)29-21)18-7-2-1-3-8-18/h1-14H,15H2/b21-14+. The Morgan fingerprint density at radius 1 is 0.966 bits per heavy atom. The zero-order chi connectivity index (χ0) is 20.2. The van der Waals surface area contributed by atoms with Crippen molar-refractivity contribution in [2.75, 3.05) is 4.90 Å². The van der Waals surface area contributed by atoms with Gasteiger partial charge < -0.3 is 4.74 Å². The van der Waals surface area contributed by atoms with Crippen molar-refractivity contribution in [2.45, 2.75) is 6.61 Å². The Morgan fingerprint density at radius 3 is 2.38 bits per heavy atom. The largest absolute Gasteiger partial charge is 0.489 e. The molecule has 1 aliphatic heterocycles. The van der Waals surface area contributed by atoms with Crippen molar-refractivity contribution in [1.82, 2.24) is 0 Å². The van der Waals surface area contributed by atoms with Gasteiger partial charge in [0.25, 0.3) is 5.91 Å². The Labute approximate surface area is 183 Å². The molecule has 3 aromatic rings. The first-order valence-electron chi connectivity index (χ1n) is 8.91. The SMILES string of the molecule is O=C1/C(=C\c2ccc(OCc3ccccc3Cl)cc2)SC(=S)N1c1ccccc1. The molecular formula is C23H16ClNO2S2. The quantitative estimate of drug-likeness (QED) is 0.345. The number of thiocarbonyl (C=S) groups is 1. The fourth-order valence-electron chi connectivity index (χ4n) is 2.86. The van der Waals surface area contributed by atoms with Crippen molar-refractivity contribution in [1.29, 1.82) is 0 Å². The molecule has 0 radical (unpaired) electrons. The molecular weight excluding hydrogens is 422 g/mol. The number of amides is 1. The van der Waals surface area contributed by atoms with E-state index in [2.05, 4.69) is 0 Å². The molecule has 0 saturated carbocycles. The lowest BCUT2D eigenvalue weighted by molar-refractivity contribution is -0.113. The van der Waals surface area contributed by atoms with Gasteiger partial charge in [0.05, 0.1) is 10.6 Å². The number of carbonyl (C=O) groups excluding carboxylic acids is 1. The van der Waals surface area contributed by atoms with Crippen LogP contribution in [0.5, 0.6) is 5.75 Å². The number of hydrogen-bond donors (Lipinski definition) is 0. The number of carbonyl (C=O) groups is 1. The van der Waals surface area contributed by atoms with Gasteiger partial charge in [0, 0.05) is 10.6 Å². The molecule has 0 aromatic heterocycles. The molecule has 29 heavy (non-hydrogen) atoms. The van der Waals surface area contributed by atoms with Crippen LogP contribution in [0.1, 0.15) is 11.1 Å². The molecule has 6 heteroatoms. The lowest BCUT2D eigenvalue weighted by Crippen LogP contribution is -2.27. The van der Waals surface area contributed by atoms with Crippen molar-refractivity contribution in [2.24, 2.45) is 0 Å². The maximum Gasteiger partial charge on any atom is 0.270 e. The zero-order valence-electron chi connectivity index (χ0n) is 15.2. The number of para-hydroxylation sites is 1. The second-order valence-corrected chi connectivity index (χ2v) is 8.38. The van der Waals surface area contributed by atoms with Crippen molar-refractivity contribution in [3.63, 3.8) is 0 Å². The first kappa shape index (κ1) is 19.7. The average Bonchev–Trinajstić information content (AvgIpc) is 3.02. The van der Waals surface area contributed by atoms with Crippen LogP contribution < -0.4 is 9.64 Å². The highest BCUT2D eigenvalue weighted by molar-refractivity contribution is 8.27. The predicted octanol–water partition coefficient (Wildman–Crippen LogP) is 6.32. The van der Waals surface area contributed by atoms with E-state index >= 15 is 0 Å². The average molecular weight is 438 g/mol.